The van der Waals surface area contributed by atoms with Gasteiger partial charge in [0.25, 0.3) is 0 Å². The summed E-state index contributed by atoms with van der Waals surface area (Å²) in [4.78, 5) is 0. The van der Waals surface area contributed by atoms with Gasteiger partial charge in [-0.3, -0.25) is 0 Å². The Labute approximate surface area is 181 Å². The number of nitrogen functional groups attached to an aromatic ring is 2. The molecule has 0 aliphatic heterocycles. The minimum atomic E-state index is -0.804. The van der Waals surface area contributed by atoms with Crippen molar-refractivity contribution in [1.82, 2.24) is 0 Å². The van der Waals surface area contributed by atoms with Crippen molar-refractivity contribution in [1.29, 1.82) is 0 Å². The number of anilines is 2. The molecule has 31 heavy (non-hydrogen) atoms. The highest BCUT2D eigenvalue weighted by molar-refractivity contribution is 5.52. The molecule has 4 aromatic carbocycles. The second kappa shape index (κ2) is 8.92. The summed E-state index contributed by atoms with van der Waals surface area (Å²) in [6.45, 7) is 0. The quantitative estimate of drug-likeness (QED) is 0.341. The van der Waals surface area contributed by atoms with Gasteiger partial charge in [0.1, 0.15) is 23.7 Å². The summed E-state index contributed by atoms with van der Waals surface area (Å²) in [5, 5.41) is 21.2. The first-order valence-corrected chi connectivity index (χ1v) is 9.95. The smallest absolute Gasteiger partial charge is 0.127 e. The Morgan fingerprint density at radius 3 is 1.23 bits per heavy atom. The maximum atomic E-state index is 10.6. The van der Waals surface area contributed by atoms with Gasteiger partial charge in [-0.1, -0.05) is 60.7 Å². The van der Waals surface area contributed by atoms with Gasteiger partial charge < -0.3 is 26.4 Å². The standard InChI is InChI=1S/C26H24N2O3/c27-23-7-3-1-5-21(23)25(29)17-9-13-19(14-10-17)31-20-15-11-18(12-16-20)26(30)22-6-2-4-8-24(22)28/h1-16,25-26,29-30H,27-28H2. The normalized spacial score (nSPS) is 12.8. The van der Waals surface area contributed by atoms with Crippen molar-refractivity contribution in [3.63, 3.8) is 0 Å². The molecule has 2 unspecified atom stereocenters. The summed E-state index contributed by atoms with van der Waals surface area (Å²) < 4.78 is 5.89. The third-order valence-corrected chi connectivity index (χ3v) is 5.21. The minimum absolute atomic E-state index is 0.551. The molecule has 2 atom stereocenters. The van der Waals surface area contributed by atoms with Crippen molar-refractivity contribution in [2.24, 2.45) is 0 Å². The van der Waals surface area contributed by atoms with Crippen molar-refractivity contribution in [3.8, 4) is 11.5 Å². The van der Waals surface area contributed by atoms with Gasteiger partial charge >= 0.3 is 0 Å². The average Bonchev–Trinajstić information content (AvgIpc) is 2.80. The van der Waals surface area contributed by atoms with Crippen LogP contribution in [0.4, 0.5) is 11.4 Å². The Hall–Kier alpha value is -3.80. The fraction of sp³-hybridized carbons (Fsp3) is 0.0769. The van der Waals surface area contributed by atoms with Crippen LogP contribution >= 0.6 is 0 Å². The molecule has 0 aliphatic rings. The molecule has 0 fully saturated rings. The minimum Gasteiger partial charge on any atom is -0.457 e. The van der Waals surface area contributed by atoms with Gasteiger partial charge in [0.05, 0.1) is 0 Å². The third-order valence-electron chi connectivity index (χ3n) is 5.21. The van der Waals surface area contributed by atoms with E-state index < -0.39 is 12.2 Å². The maximum absolute atomic E-state index is 10.6. The number of ether oxygens (including phenoxy) is 1. The fourth-order valence-electron chi connectivity index (χ4n) is 3.45. The van der Waals surface area contributed by atoms with Gasteiger partial charge in [-0.25, -0.2) is 0 Å². The molecule has 4 aromatic rings. The highest BCUT2D eigenvalue weighted by Gasteiger charge is 2.14. The van der Waals surface area contributed by atoms with Crippen LogP contribution in [0.25, 0.3) is 0 Å². The monoisotopic (exact) mass is 412 g/mol. The zero-order chi connectivity index (χ0) is 21.8. The first-order chi connectivity index (χ1) is 15.0. The lowest BCUT2D eigenvalue weighted by molar-refractivity contribution is 0.221. The summed E-state index contributed by atoms with van der Waals surface area (Å²) in [5.41, 5.74) is 15.8. The molecule has 6 N–H and O–H groups in total. The second-order valence-electron chi connectivity index (χ2n) is 7.30. The summed E-state index contributed by atoms with van der Waals surface area (Å²) in [6.07, 6.45) is -1.61. The van der Waals surface area contributed by atoms with Crippen LogP contribution in [-0.2, 0) is 0 Å². The van der Waals surface area contributed by atoms with Gasteiger partial charge in [-0.2, -0.15) is 0 Å². The lowest BCUT2D eigenvalue weighted by Crippen LogP contribution is -2.03. The first kappa shape index (κ1) is 20.5. The van der Waals surface area contributed by atoms with Gasteiger partial charge in [-0.15, -0.1) is 0 Å². The van der Waals surface area contributed by atoms with Crippen LogP contribution in [0.5, 0.6) is 11.5 Å². The van der Waals surface area contributed by atoms with E-state index in [1.807, 2.05) is 60.7 Å². The lowest BCUT2D eigenvalue weighted by atomic mass is 10.00. The number of benzene rings is 4. The molecule has 4 rings (SSSR count). The fourth-order valence-corrected chi connectivity index (χ4v) is 3.45. The summed E-state index contributed by atoms with van der Waals surface area (Å²) in [7, 11) is 0. The Morgan fingerprint density at radius 1 is 0.516 bits per heavy atom. The molecule has 0 aromatic heterocycles. The number of hydrogen-bond donors (Lipinski definition) is 4. The van der Waals surface area contributed by atoms with Gasteiger partial charge in [0.2, 0.25) is 0 Å². The van der Waals surface area contributed by atoms with E-state index >= 15 is 0 Å². The van der Waals surface area contributed by atoms with E-state index in [2.05, 4.69) is 0 Å². The Kier molecular flexibility index (Phi) is 5.89. The zero-order valence-electron chi connectivity index (χ0n) is 16.8. The number of hydrogen-bond acceptors (Lipinski definition) is 5. The molecule has 0 saturated carbocycles. The molecular formula is C26H24N2O3. The van der Waals surface area contributed by atoms with Crippen LogP contribution in [0.2, 0.25) is 0 Å². The van der Waals surface area contributed by atoms with Crippen molar-refractivity contribution in [3.05, 3.63) is 119 Å². The largest absolute Gasteiger partial charge is 0.457 e. The average molecular weight is 412 g/mol. The summed E-state index contributed by atoms with van der Waals surface area (Å²) >= 11 is 0. The molecule has 0 aliphatic carbocycles. The van der Waals surface area contributed by atoms with Crippen LogP contribution < -0.4 is 16.2 Å². The molecule has 0 heterocycles. The van der Waals surface area contributed by atoms with Crippen LogP contribution in [0.3, 0.4) is 0 Å². The Bertz CT molecular complexity index is 1060. The predicted octanol–water partition coefficient (Wildman–Crippen LogP) is 4.81. The van der Waals surface area contributed by atoms with E-state index in [1.54, 1.807) is 36.4 Å². The molecular weight excluding hydrogens is 388 g/mol. The van der Waals surface area contributed by atoms with E-state index in [0.29, 0.717) is 34.0 Å². The van der Waals surface area contributed by atoms with Crippen molar-refractivity contribution in [2.45, 2.75) is 12.2 Å². The van der Waals surface area contributed by atoms with Crippen molar-refractivity contribution >= 4 is 11.4 Å². The third kappa shape index (κ3) is 4.53. The van der Waals surface area contributed by atoms with Crippen molar-refractivity contribution < 1.29 is 14.9 Å². The van der Waals surface area contributed by atoms with Crippen LogP contribution in [-0.4, -0.2) is 10.2 Å². The maximum Gasteiger partial charge on any atom is 0.127 e. The molecule has 0 bridgehead atoms. The highest BCUT2D eigenvalue weighted by Crippen LogP contribution is 2.31. The van der Waals surface area contributed by atoms with Crippen LogP contribution in [0.1, 0.15) is 34.5 Å². The number of rotatable bonds is 6. The number of aliphatic hydroxyl groups excluding tert-OH is 2. The molecule has 5 heteroatoms. The van der Waals surface area contributed by atoms with Gasteiger partial charge in [0, 0.05) is 22.5 Å². The van der Waals surface area contributed by atoms with E-state index in [-0.39, 0.29) is 0 Å². The molecule has 0 radical (unpaired) electrons. The van der Waals surface area contributed by atoms with Crippen LogP contribution in [0, 0.1) is 0 Å². The lowest BCUT2D eigenvalue weighted by Gasteiger charge is -2.15. The van der Waals surface area contributed by atoms with Crippen LogP contribution in [0.15, 0.2) is 97.1 Å². The van der Waals surface area contributed by atoms with Crippen molar-refractivity contribution in [2.75, 3.05) is 11.5 Å². The molecule has 5 nitrogen and oxygen atoms in total. The van der Waals surface area contributed by atoms with Gasteiger partial charge in [0.15, 0.2) is 0 Å². The molecule has 156 valence electrons. The topological polar surface area (TPSA) is 102 Å². The number of nitrogens with two attached hydrogens (primary N) is 2. The Balaban J connectivity index is 1.45. The Morgan fingerprint density at radius 2 is 0.871 bits per heavy atom. The molecule has 0 amide bonds. The predicted molar refractivity (Wildman–Crippen MR) is 123 cm³/mol. The van der Waals surface area contributed by atoms with E-state index in [0.717, 1.165) is 11.1 Å². The zero-order valence-corrected chi connectivity index (χ0v) is 16.8. The number of para-hydroxylation sites is 2. The first-order valence-electron chi connectivity index (χ1n) is 9.95. The SMILES string of the molecule is Nc1ccccc1C(O)c1ccc(Oc2ccc(C(O)c3ccccc3N)cc2)cc1. The van der Waals surface area contributed by atoms with E-state index in [9.17, 15) is 10.2 Å². The van der Waals surface area contributed by atoms with E-state index in [4.69, 9.17) is 16.2 Å². The summed E-state index contributed by atoms with van der Waals surface area (Å²) in [6, 6.07) is 28.9. The van der Waals surface area contributed by atoms with Gasteiger partial charge in [-0.05, 0) is 47.5 Å². The second-order valence-corrected chi connectivity index (χ2v) is 7.30. The summed E-state index contributed by atoms with van der Waals surface area (Å²) in [5.74, 6) is 1.27. The highest BCUT2D eigenvalue weighted by atomic mass is 16.5. The molecule has 0 saturated heterocycles. The molecule has 0 spiro atoms. The number of aliphatic hydroxyl groups is 2. The van der Waals surface area contributed by atoms with E-state index in [1.165, 1.54) is 0 Å².